The first-order chi connectivity index (χ1) is 9.17. The molecule has 2 aliphatic rings. The Balaban J connectivity index is 1.81. The van der Waals surface area contributed by atoms with E-state index in [4.69, 9.17) is 0 Å². The normalized spacial score (nSPS) is 20.6. The fourth-order valence-corrected chi connectivity index (χ4v) is 4.54. The van der Waals surface area contributed by atoms with Crippen LogP contribution in [0.4, 0.5) is 11.4 Å². The minimum Gasteiger partial charge on any atom is -0.481 e. The highest BCUT2D eigenvalue weighted by Gasteiger charge is 2.41. The van der Waals surface area contributed by atoms with Crippen LogP contribution in [0.5, 0.6) is 0 Å². The van der Waals surface area contributed by atoms with Gasteiger partial charge in [0.05, 0.1) is 17.8 Å². The molecule has 19 heavy (non-hydrogen) atoms. The molecule has 0 unspecified atom stereocenters. The van der Waals surface area contributed by atoms with E-state index in [0.29, 0.717) is 5.25 Å². The lowest BCUT2D eigenvalue weighted by atomic mass is 10.3. The van der Waals surface area contributed by atoms with E-state index >= 15 is 0 Å². The average Bonchev–Trinajstić information content (AvgIpc) is 2.94. The molecule has 3 rings (SSSR count). The lowest BCUT2D eigenvalue weighted by Gasteiger charge is -2.31. The van der Waals surface area contributed by atoms with Crippen molar-refractivity contribution in [1.29, 1.82) is 0 Å². The highest BCUT2D eigenvalue weighted by molar-refractivity contribution is 8.01. The van der Waals surface area contributed by atoms with Crippen molar-refractivity contribution >= 4 is 29.1 Å². The van der Waals surface area contributed by atoms with Gasteiger partial charge in [-0.25, -0.2) is 0 Å². The maximum atomic E-state index is 11.2. The van der Waals surface area contributed by atoms with E-state index in [9.17, 15) is 9.90 Å². The van der Waals surface area contributed by atoms with Crippen molar-refractivity contribution in [3.05, 3.63) is 24.3 Å². The Morgan fingerprint density at radius 1 is 1.26 bits per heavy atom. The summed E-state index contributed by atoms with van der Waals surface area (Å²) >= 11 is 1.74. The van der Waals surface area contributed by atoms with Crippen LogP contribution in [-0.4, -0.2) is 21.3 Å². The number of anilines is 2. The number of rotatable bonds is 4. The molecule has 1 saturated carbocycles. The summed E-state index contributed by atoms with van der Waals surface area (Å²) in [6.07, 6.45) is 4.96. The predicted octanol–water partition coefficient (Wildman–Crippen LogP) is 3.33. The molecular formula is C14H18N2O2S. The van der Waals surface area contributed by atoms with E-state index in [1.54, 1.807) is 11.8 Å². The van der Waals surface area contributed by atoms with Gasteiger partial charge in [-0.15, -0.1) is 11.8 Å². The number of fused-ring (bicyclic) bond motifs is 1. The van der Waals surface area contributed by atoms with Crippen LogP contribution < -0.4 is 10.6 Å². The number of para-hydroxylation sites is 2. The molecule has 0 radical (unpaired) electrons. The van der Waals surface area contributed by atoms with Gasteiger partial charge in [0.15, 0.2) is 4.99 Å². The molecule has 5 heteroatoms. The lowest BCUT2D eigenvalue weighted by Crippen LogP contribution is -2.42. The zero-order valence-electron chi connectivity index (χ0n) is 10.7. The summed E-state index contributed by atoms with van der Waals surface area (Å²) < 4.78 is 0. The van der Waals surface area contributed by atoms with Gasteiger partial charge in [-0.1, -0.05) is 25.0 Å². The molecular weight excluding hydrogens is 260 g/mol. The molecule has 1 aliphatic heterocycles. The van der Waals surface area contributed by atoms with Gasteiger partial charge in [0.25, 0.3) is 0 Å². The molecule has 3 N–H and O–H groups in total. The third kappa shape index (κ3) is 2.66. The first-order valence-corrected chi connectivity index (χ1v) is 7.60. The van der Waals surface area contributed by atoms with Gasteiger partial charge in [-0.2, -0.15) is 0 Å². The van der Waals surface area contributed by atoms with Crippen molar-refractivity contribution in [2.75, 3.05) is 10.6 Å². The minimum atomic E-state index is -0.779. The molecule has 1 aromatic carbocycles. The van der Waals surface area contributed by atoms with Crippen LogP contribution >= 0.6 is 11.8 Å². The van der Waals surface area contributed by atoms with Gasteiger partial charge >= 0.3 is 5.97 Å². The van der Waals surface area contributed by atoms with Gasteiger partial charge in [-0.05, 0) is 25.0 Å². The van der Waals surface area contributed by atoms with Crippen molar-refractivity contribution in [2.24, 2.45) is 0 Å². The second-order valence-corrected chi connectivity index (χ2v) is 6.82. The number of hydrogen-bond acceptors (Lipinski definition) is 4. The molecule has 4 nitrogen and oxygen atoms in total. The molecule has 1 aromatic rings. The summed E-state index contributed by atoms with van der Waals surface area (Å²) in [4.78, 5) is 10.6. The van der Waals surface area contributed by atoms with Crippen molar-refractivity contribution in [3.63, 3.8) is 0 Å². The molecule has 0 aromatic heterocycles. The van der Waals surface area contributed by atoms with Crippen LogP contribution in [0.2, 0.25) is 0 Å². The second-order valence-electron chi connectivity index (χ2n) is 5.22. The number of carbonyl (C=O) groups is 1. The molecule has 0 spiro atoms. The van der Waals surface area contributed by atoms with Crippen molar-refractivity contribution in [1.82, 2.24) is 0 Å². The summed E-state index contributed by atoms with van der Waals surface area (Å²) in [7, 11) is 0. The van der Waals surface area contributed by atoms with Crippen molar-refractivity contribution in [3.8, 4) is 0 Å². The van der Waals surface area contributed by atoms with Gasteiger partial charge in [0, 0.05) is 5.25 Å². The predicted molar refractivity (Wildman–Crippen MR) is 78.5 cm³/mol. The zero-order chi connectivity index (χ0) is 13.3. The Bertz CT molecular complexity index is 461. The molecule has 0 atom stereocenters. The van der Waals surface area contributed by atoms with Gasteiger partial charge < -0.3 is 15.7 Å². The Kier molecular flexibility index (Phi) is 3.31. The van der Waals surface area contributed by atoms with E-state index < -0.39 is 11.0 Å². The third-order valence-electron chi connectivity index (χ3n) is 3.67. The number of nitrogens with one attached hydrogen (secondary N) is 2. The molecule has 0 saturated heterocycles. The maximum Gasteiger partial charge on any atom is 0.308 e. The topological polar surface area (TPSA) is 61.4 Å². The van der Waals surface area contributed by atoms with E-state index in [1.807, 2.05) is 24.3 Å². The Labute approximate surface area is 117 Å². The third-order valence-corrected chi connectivity index (χ3v) is 5.23. The Morgan fingerprint density at radius 3 is 2.37 bits per heavy atom. The smallest absolute Gasteiger partial charge is 0.308 e. The summed E-state index contributed by atoms with van der Waals surface area (Å²) in [6, 6.07) is 7.90. The molecule has 0 amide bonds. The monoisotopic (exact) mass is 278 g/mol. The van der Waals surface area contributed by atoms with Crippen LogP contribution in [0, 0.1) is 0 Å². The number of aliphatic carboxylic acids is 1. The van der Waals surface area contributed by atoms with Crippen molar-refractivity contribution < 1.29 is 9.90 Å². The van der Waals surface area contributed by atoms with E-state index in [1.165, 1.54) is 25.7 Å². The van der Waals surface area contributed by atoms with E-state index in [2.05, 4.69) is 10.6 Å². The number of thioether (sulfide) groups is 1. The lowest BCUT2D eigenvalue weighted by molar-refractivity contribution is -0.137. The quantitative estimate of drug-likeness (QED) is 0.788. The van der Waals surface area contributed by atoms with Crippen LogP contribution in [0.15, 0.2) is 24.3 Å². The number of carboxylic acids is 1. The SMILES string of the molecule is O=C(O)CC1(SC2CCCC2)Nc2ccccc2N1. The van der Waals surface area contributed by atoms with Gasteiger partial charge in [0.2, 0.25) is 0 Å². The van der Waals surface area contributed by atoms with E-state index in [-0.39, 0.29) is 6.42 Å². The molecule has 102 valence electrons. The zero-order valence-corrected chi connectivity index (χ0v) is 11.5. The average molecular weight is 278 g/mol. The minimum absolute atomic E-state index is 0.0723. The standard InChI is InChI=1S/C14H18N2O2S/c17-13(18)9-14(19-10-5-1-2-6-10)15-11-7-3-4-8-12(11)16-14/h3-4,7-8,10,15-16H,1-2,5-6,9H2,(H,17,18). The summed E-state index contributed by atoms with van der Waals surface area (Å²) in [5, 5.41) is 16.5. The number of hydrogen-bond donors (Lipinski definition) is 3. The number of carboxylic acid groups (broad SMARTS) is 1. The van der Waals surface area contributed by atoms with Crippen LogP contribution in [-0.2, 0) is 4.79 Å². The highest BCUT2D eigenvalue weighted by Crippen LogP contribution is 2.46. The van der Waals surface area contributed by atoms with Crippen molar-refractivity contribution in [2.45, 2.75) is 42.3 Å². The summed E-state index contributed by atoms with van der Waals surface area (Å²) in [5.74, 6) is -0.779. The Morgan fingerprint density at radius 2 is 1.84 bits per heavy atom. The molecule has 1 heterocycles. The summed E-state index contributed by atoms with van der Waals surface area (Å²) in [5.41, 5.74) is 1.99. The fourth-order valence-electron chi connectivity index (χ4n) is 2.86. The Hall–Kier alpha value is -1.36. The first-order valence-electron chi connectivity index (χ1n) is 6.72. The van der Waals surface area contributed by atoms with Crippen LogP contribution in [0.25, 0.3) is 0 Å². The largest absolute Gasteiger partial charge is 0.481 e. The molecule has 1 aliphatic carbocycles. The maximum absolute atomic E-state index is 11.2. The van der Waals surface area contributed by atoms with E-state index in [0.717, 1.165) is 11.4 Å². The first kappa shape index (κ1) is 12.7. The van der Waals surface area contributed by atoms with Gasteiger partial charge in [-0.3, -0.25) is 4.79 Å². The summed E-state index contributed by atoms with van der Waals surface area (Å²) in [6.45, 7) is 0. The van der Waals surface area contributed by atoms with Crippen LogP contribution in [0.1, 0.15) is 32.1 Å². The van der Waals surface area contributed by atoms with Crippen LogP contribution in [0.3, 0.4) is 0 Å². The molecule has 1 fully saturated rings. The second kappa shape index (κ2) is 4.96. The number of benzene rings is 1. The van der Waals surface area contributed by atoms with Gasteiger partial charge in [0.1, 0.15) is 0 Å². The highest BCUT2D eigenvalue weighted by atomic mass is 32.2. The molecule has 0 bridgehead atoms. The fraction of sp³-hybridized carbons (Fsp3) is 0.500.